The van der Waals surface area contributed by atoms with E-state index in [1.807, 2.05) is 37.6 Å². The van der Waals surface area contributed by atoms with Gasteiger partial charge in [-0.25, -0.2) is 0 Å². The van der Waals surface area contributed by atoms with Crippen LogP contribution in [0.5, 0.6) is 5.75 Å². The number of hydrogen-bond acceptors (Lipinski definition) is 5. The molecule has 0 bridgehead atoms. The zero-order valence-electron chi connectivity index (χ0n) is 12.0. The van der Waals surface area contributed by atoms with Crippen molar-refractivity contribution in [2.45, 2.75) is 19.0 Å². The van der Waals surface area contributed by atoms with Crippen LogP contribution in [0.25, 0.3) is 0 Å². The molecule has 106 valence electrons. The lowest BCUT2D eigenvalue weighted by atomic mass is 10.1. The second-order valence-corrected chi connectivity index (χ2v) is 5.45. The van der Waals surface area contributed by atoms with Crippen LogP contribution in [0.4, 0.5) is 0 Å². The Balaban J connectivity index is 2.11. The molecule has 0 atom stereocenters. The molecule has 0 spiro atoms. The molecular formula is C14H17N3O2S. The van der Waals surface area contributed by atoms with E-state index in [4.69, 9.17) is 4.74 Å². The molecule has 0 unspecified atom stereocenters. The Morgan fingerprint density at radius 3 is 2.70 bits per heavy atom. The van der Waals surface area contributed by atoms with Crippen molar-refractivity contribution in [1.29, 1.82) is 0 Å². The summed E-state index contributed by atoms with van der Waals surface area (Å²) in [5.74, 6) is 1.77. The van der Waals surface area contributed by atoms with E-state index in [1.54, 1.807) is 13.2 Å². The molecule has 2 aromatic rings. The minimum absolute atomic E-state index is 0.0208. The lowest BCUT2D eigenvalue weighted by Gasteiger charge is -2.08. The summed E-state index contributed by atoms with van der Waals surface area (Å²) in [5.41, 5.74) is 1.67. The molecule has 0 aliphatic rings. The van der Waals surface area contributed by atoms with Crippen molar-refractivity contribution in [3.8, 4) is 5.75 Å². The van der Waals surface area contributed by atoms with E-state index in [9.17, 15) is 4.79 Å². The predicted molar refractivity (Wildman–Crippen MR) is 78.5 cm³/mol. The first-order valence-electron chi connectivity index (χ1n) is 6.19. The summed E-state index contributed by atoms with van der Waals surface area (Å²) in [4.78, 5) is 12.3. The number of carbonyl (C=O) groups is 1. The van der Waals surface area contributed by atoms with E-state index in [0.29, 0.717) is 17.1 Å². The number of methoxy groups -OCH3 is 1. The highest BCUT2D eigenvalue weighted by atomic mass is 32.2. The zero-order valence-corrected chi connectivity index (χ0v) is 12.8. The van der Waals surface area contributed by atoms with E-state index in [2.05, 4.69) is 10.2 Å². The molecule has 1 aromatic heterocycles. The molecule has 1 heterocycles. The van der Waals surface area contributed by atoms with Gasteiger partial charge in [-0.1, -0.05) is 17.8 Å². The fraction of sp³-hybridized carbons (Fsp3) is 0.357. The maximum Gasteiger partial charge on any atom is 0.191 e. The molecule has 6 heteroatoms. The average molecular weight is 291 g/mol. The molecule has 5 nitrogen and oxygen atoms in total. The average Bonchev–Trinajstić information content (AvgIpc) is 2.76. The number of carbonyl (C=O) groups excluding carboxylic acids is 1. The van der Waals surface area contributed by atoms with Gasteiger partial charge in [0, 0.05) is 7.05 Å². The third-order valence-electron chi connectivity index (χ3n) is 3.04. The fourth-order valence-corrected chi connectivity index (χ4v) is 2.59. The summed E-state index contributed by atoms with van der Waals surface area (Å²) in [5, 5.41) is 8.74. The summed E-state index contributed by atoms with van der Waals surface area (Å²) in [6.45, 7) is 3.84. The molecule has 0 saturated carbocycles. The van der Waals surface area contributed by atoms with Crippen molar-refractivity contribution in [2.24, 2.45) is 7.05 Å². The molecule has 20 heavy (non-hydrogen) atoms. The largest absolute Gasteiger partial charge is 0.496 e. The molecule has 2 rings (SSSR count). The third kappa shape index (κ3) is 3.01. The number of aryl methyl sites for hydroxylation is 2. The van der Waals surface area contributed by atoms with E-state index >= 15 is 0 Å². The van der Waals surface area contributed by atoms with Gasteiger partial charge in [0.15, 0.2) is 10.9 Å². The Bertz CT molecular complexity index is 637. The maximum absolute atomic E-state index is 12.3. The smallest absolute Gasteiger partial charge is 0.191 e. The molecule has 1 aromatic carbocycles. The number of rotatable bonds is 5. The van der Waals surface area contributed by atoms with Crippen LogP contribution in [0.1, 0.15) is 21.7 Å². The van der Waals surface area contributed by atoms with Gasteiger partial charge in [-0.15, -0.1) is 10.2 Å². The number of ketones is 1. The summed E-state index contributed by atoms with van der Waals surface area (Å²) < 4.78 is 7.13. The molecule has 0 amide bonds. The Morgan fingerprint density at radius 1 is 1.35 bits per heavy atom. The number of ether oxygens (including phenoxy) is 1. The van der Waals surface area contributed by atoms with Crippen molar-refractivity contribution >= 4 is 17.5 Å². The highest BCUT2D eigenvalue weighted by Gasteiger charge is 2.14. The first kappa shape index (κ1) is 14.6. The number of hydrogen-bond donors (Lipinski definition) is 0. The molecule has 0 aliphatic carbocycles. The number of nitrogens with zero attached hydrogens (tertiary/aromatic N) is 3. The quantitative estimate of drug-likeness (QED) is 0.625. The molecule has 0 saturated heterocycles. The van der Waals surface area contributed by atoms with Gasteiger partial charge < -0.3 is 9.30 Å². The number of thioether (sulfide) groups is 1. The van der Waals surface area contributed by atoms with Crippen molar-refractivity contribution in [3.05, 3.63) is 35.2 Å². The summed E-state index contributed by atoms with van der Waals surface area (Å²) in [6, 6.07) is 5.58. The third-order valence-corrected chi connectivity index (χ3v) is 4.06. The lowest BCUT2D eigenvalue weighted by Crippen LogP contribution is -2.06. The first-order chi connectivity index (χ1) is 9.52. The minimum atomic E-state index is 0.0208. The van der Waals surface area contributed by atoms with Crippen LogP contribution < -0.4 is 4.74 Å². The highest BCUT2D eigenvalue weighted by molar-refractivity contribution is 7.99. The number of benzene rings is 1. The van der Waals surface area contributed by atoms with Crippen LogP contribution in [0.3, 0.4) is 0 Å². The van der Waals surface area contributed by atoms with Gasteiger partial charge in [0.05, 0.1) is 18.4 Å². The zero-order chi connectivity index (χ0) is 14.7. The number of aromatic nitrogens is 3. The van der Waals surface area contributed by atoms with E-state index in [0.717, 1.165) is 16.5 Å². The van der Waals surface area contributed by atoms with Gasteiger partial charge in [0.1, 0.15) is 11.6 Å². The van der Waals surface area contributed by atoms with E-state index in [-0.39, 0.29) is 5.78 Å². The van der Waals surface area contributed by atoms with E-state index < -0.39 is 0 Å². The maximum atomic E-state index is 12.3. The SMILES string of the molecule is COc1cc(C)ccc1C(=O)CSc1nnc(C)n1C. The van der Waals surface area contributed by atoms with Crippen LogP contribution in [0.2, 0.25) is 0 Å². The fourth-order valence-electron chi connectivity index (χ4n) is 1.75. The van der Waals surface area contributed by atoms with Crippen LogP contribution in [0, 0.1) is 13.8 Å². The summed E-state index contributed by atoms with van der Waals surface area (Å²) in [7, 11) is 3.46. The highest BCUT2D eigenvalue weighted by Crippen LogP contribution is 2.23. The Morgan fingerprint density at radius 2 is 2.10 bits per heavy atom. The predicted octanol–water partition coefficient (Wildman–Crippen LogP) is 2.42. The molecule has 0 aliphatic heterocycles. The van der Waals surface area contributed by atoms with Gasteiger partial charge in [-0.3, -0.25) is 4.79 Å². The van der Waals surface area contributed by atoms with Crippen LogP contribution >= 0.6 is 11.8 Å². The Labute approximate surface area is 122 Å². The van der Waals surface area contributed by atoms with E-state index in [1.165, 1.54) is 11.8 Å². The first-order valence-corrected chi connectivity index (χ1v) is 7.18. The normalized spacial score (nSPS) is 10.6. The summed E-state index contributed by atoms with van der Waals surface area (Å²) >= 11 is 1.38. The molecule has 0 radical (unpaired) electrons. The molecule has 0 fully saturated rings. The van der Waals surface area contributed by atoms with Crippen LogP contribution in [-0.2, 0) is 7.05 Å². The van der Waals surface area contributed by atoms with Crippen LogP contribution in [0.15, 0.2) is 23.4 Å². The van der Waals surface area contributed by atoms with Crippen molar-refractivity contribution in [2.75, 3.05) is 12.9 Å². The second-order valence-electron chi connectivity index (χ2n) is 4.50. The van der Waals surface area contributed by atoms with Gasteiger partial charge in [-0.05, 0) is 31.5 Å². The Kier molecular flexibility index (Phi) is 4.44. The Hall–Kier alpha value is -1.82. The minimum Gasteiger partial charge on any atom is -0.496 e. The van der Waals surface area contributed by atoms with Crippen molar-refractivity contribution in [1.82, 2.24) is 14.8 Å². The molecular weight excluding hydrogens is 274 g/mol. The van der Waals surface area contributed by atoms with Gasteiger partial charge in [0.2, 0.25) is 0 Å². The standard InChI is InChI=1S/C14H17N3O2S/c1-9-5-6-11(13(7-9)19-4)12(18)8-20-14-16-15-10(2)17(14)3/h5-7H,8H2,1-4H3. The molecule has 0 N–H and O–H groups in total. The monoisotopic (exact) mass is 291 g/mol. The van der Waals surface area contributed by atoms with Crippen LogP contribution in [-0.4, -0.2) is 33.4 Å². The van der Waals surface area contributed by atoms with Gasteiger partial charge in [-0.2, -0.15) is 0 Å². The summed E-state index contributed by atoms with van der Waals surface area (Å²) in [6.07, 6.45) is 0. The number of Topliss-reactive ketones (excluding diaryl/α,β-unsaturated/α-hetero) is 1. The second kappa shape index (κ2) is 6.09. The van der Waals surface area contributed by atoms with Crippen molar-refractivity contribution in [3.63, 3.8) is 0 Å². The van der Waals surface area contributed by atoms with Crippen molar-refractivity contribution < 1.29 is 9.53 Å². The lowest BCUT2D eigenvalue weighted by molar-refractivity contribution is 0.101. The topological polar surface area (TPSA) is 57.0 Å². The van der Waals surface area contributed by atoms with Gasteiger partial charge in [0.25, 0.3) is 0 Å². The van der Waals surface area contributed by atoms with Gasteiger partial charge >= 0.3 is 0 Å².